The molecule has 0 spiro atoms. The van der Waals surface area contributed by atoms with Crippen molar-refractivity contribution in [3.8, 4) is 0 Å². The third kappa shape index (κ3) is 2.43. The summed E-state index contributed by atoms with van der Waals surface area (Å²) >= 11 is 0. The van der Waals surface area contributed by atoms with Crippen LogP contribution >= 0.6 is 0 Å². The number of rotatable bonds is 2. The lowest BCUT2D eigenvalue weighted by molar-refractivity contribution is 0.122. The van der Waals surface area contributed by atoms with Crippen LogP contribution in [0.15, 0.2) is 29.1 Å². The van der Waals surface area contributed by atoms with Crippen molar-refractivity contribution in [1.82, 2.24) is 4.98 Å². The average Bonchev–Trinajstić information content (AvgIpc) is 2.47. The Hall–Kier alpha value is -1.81. The van der Waals surface area contributed by atoms with Crippen LogP contribution in [0.5, 0.6) is 0 Å². The molecule has 1 aromatic heterocycles. The zero-order chi connectivity index (χ0) is 14.1. The number of hydrogen-bond donors (Lipinski definition) is 1. The van der Waals surface area contributed by atoms with Gasteiger partial charge in [-0.15, -0.1) is 0 Å². The van der Waals surface area contributed by atoms with Crippen molar-refractivity contribution in [3.05, 3.63) is 40.2 Å². The number of nitrogens with zero attached hydrogens (tertiary/aromatic N) is 1. The predicted octanol–water partition coefficient (Wildman–Crippen LogP) is 2.49. The van der Waals surface area contributed by atoms with Crippen molar-refractivity contribution in [1.29, 1.82) is 0 Å². The highest BCUT2D eigenvalue weighted by molar-refractivity contribution is 5.82. The van der Waals surface area contributed by atoms with Gasteiger partial charge in [0.1, 0.15) is 0 Å². The van der Waals surface area contributed by atoms with E-state index in [1.807, 2.05) is 12.1 Å². The molecule has 0 atom stereocenters. The number of nitrogens with one attached hydrogen (secondary N) is 1. The van der Waals surface area contributed by atoms with Crippen molar-refractivity contribution < 1.29 is 4.74 Å². The Balaban J connectivity index is 2.05. The molecule has 1 aliphatic heterocycles. The fourth-order valence-electron chi connectivity index (χ4n) is 2.58. The van der Waals surface area contributed by atoms with Gasteiger partial charge in [-0.1, -0.05) is 13.8 Å². The standard InChI is InChI=1S/C16H20N2O2/c1-11(2)15-10-16(19)13-9-12(3-4-14(13)17-15)18-5-7-20-8-6-18/h3-4,9-11H,5-8H2,1-2H3,(H,17,19). The highest BCUT2D eigenvalue weighted by Crippen LogP contribution is 2.21. The molecule has 4 heteroatoms. The molecule has 1 N–H and O–H groups in total. The molecule has 20 heavy (non-hydrogen) atoms. The summed E-state index contributed by atoms with van der Waals surface area (Å²) in [5, 5.41) is 0.762. The maximum absolute atomic E-state index is 12.3. The minimum atomic E-state index is 0.0950. The van der Waals surface area contributed by atoms with E-state index in [1.54, 1.807) is 6.07 Å². The molecular weight excluding hydrogens is 252 g/mol. The lowest BCUT2D eigenvalue weighted by Crippen LogP contribution is -2.36. The molecule has 0 bridgehead atoms. The largest absolute Gasteiger partial charge is 0.378 e. The van der Waals surface area contributed by atoms with Crippen LogP contribution in [-0.4, -0.2) is 31.3 Å². The van der Waals surface area contributed by atoms with Gasteiger partial charge >= 0.3 is 0 Å². The second kappa shape index (κ2) is 5.29. The van der Waals surface area contributed by atoms with E-state index in [-0.39, 0.29) is 5.43 Å². The van der Waals surface area contributed by atoms with Gasteiger partial charge in [0.25, 0.3) is 0 Å². The van der Waals surface area contributed by atoms with Crippen molar-refractivity contribution in [2.75, 3.05) is 31.2 Å². The van der Waals surface area contributed by atoms with Gasteiger partial charge in [-0.25, -0.2) is 0 Å². The van der Waals surface area contributed by atoms with Crippen LogP contribution in [0.2, 0.25) is 0 Å². The van der Waals surface area contributed by atoms with Crippen LogP contribution < -0.4 is 10.3 Å². The van der Waals surface area contributed by atoms with Crippen molar-refractivity contribution in [2.45, 2.75) is 19.8 Å². The zero-order valence-electron chi connectivity index (χ0n) is 12.0. The van der Waals surface area contributed by atoms with Crippen LogP contribution in [-0.2, 0) is 4.74 Å². The van der Waals surface area contributed by atoms with E-state index in [4.69, 9.17) is 4.74 Å². The summed E-state index contributed by atoms with van der Waals surface area (Å²) in [6.07, 6.45) is 0. The first-order chi connectivity index (χ1) is 9.65. The molecule has 3 rings (SSSR count). The number of fused-ring (bicyclic) bond motifs is 1. The number of aromatic amines is 1. The number of aromatic nitrogens is 1. The summed E-state index contributed by atoms with van der Waals surface area (Å²) in [5.41, 5.74) is 3.10. The molecule has 0 saturated carbocycles. The Kier molecular flexibility index (Phi) is 3.49. The molecule has 0 aliphatic carbocycles. The molecule has 0 radical (unpaired) electrons. The number of ether oxygens (including phenoxy) is 1. The third-order valence-corrected chi connectivity index (χ3v) is 3.83. The Labute approximate surface area is 118 Å². The smallest absolute Gasteiger partial charge is 0.189 e. The molecule has 1 fully saturated rings. The molecule has 0 unspecified atom stereocenters. The predicted molar refractivity (Wildman–Crippen MR) is 81.7 cm³/mol. The molecule has 106 valence electrons. The molecule has 1 aromatic carbocycles. The van der Waals surface area contributed by atoms with Crippen LogP contribution in [0.4, 0.5) is 5.69 Å². The van der Waals surface area contributed by atoms with E-state index in [0.717, 1.165) is 48.6 Å². The number of H-pyrrole nitrogens is 1. The molecule has 4 nitrogen and oxygen atoms in total. The summed E-state index contributed by atoms with van der Waals surface area (Å²) in [5.74, 6) is 0.325. The van der Waals surface area contributed by atoms with E-state index in [0.29, 0.717) is 5.92 Å². The summed E-state index contributed by atoms with van der Waals surface area (Å²) in [6, 6.07) is 7.79. The first-order valence-corrected chi connectivity index (χ1v) is 7.15. The van der Waals surface area contributed by atoms with Gasteiger partial charge in [-0.05, 0) is 24.1 Å². The molecule has 2 aromatic rings. The van der Waals surface area contributed by atoms with Gasteiger partial charge in [-0.3, -0.25) is 4.79 Å². The molecule has 2 heterocycles. The van der Waals surface area contributed by atoms with Gasteiger partial charge in [0, 0.05) is 41.4 Å². The fourth-order valence-corrected chi connectivity index (χ4v) is 2.58. The zero-order valence-corrected chi connectivity index (χ0v) is 12.0. The maximum Gasteiger partial charge on any atom is 0.189 e. The van der Waals surface area contributed by atoms with Crippen LogP contribution in [0.25, 0.3) is 10.9 Å². The second-order valence-corrected chi connectivity index (χ2v) is 5.57. The minimum Gasteiger partial charge on any atom is -0.378 e. The van der Waals surface area contributed by atoms with E-state index in [2.05, 4.69) is 29.8 Å². The van der Waals surface area contributed by atoms with Crippen LogP contribution in [0, 0.1) is 0 Å². The Morgan fingerprint density at radius 2 is 1.95 bits per heavy atom. The number of benzene rings is 1. The number of hydrogen-bond acceptors (Lipinski definition) is 3. The SMILES string of the molecule is CC(C)c1cc(=O)c2cc(N3CCOCC3)ccc2[nH]1. The summed E-state index contributed by atoms with van der Waals surface area (Å²) in [6.45, 7) is 7.43. The van der Waals surface area contributed by atoms with E-state index >= 15 is 0 Å². The molecule has 1 saturated heterocycles. The van der Waals surface area contributed by atoms with E-state index in [9.17, 15) is 4.79 Å². The molecular formula is C16H20N2O2. The Morgan fingerprint density at radius 1 is 1.20 bits per heavy atom. The maximum atomic E-state index is 12.3. The van der Waals surface area contributed by atoms with E-state index in [1.165, 1.54) is 0 Å². The lowest BCUT2D eigenvalue weighted by atomic mass is 10.1. The van der Waals surface area contributed by atoms with Crippen molar-refractivity contribution in [3.63, 3.8) is 0 Å². The van der Waals surface area contributed by atoms with Gasteiger partial charge in [-0.2, -0.15) is 0 Å². The Bertz CT molecular complexity index is 670. The van der Waals surface area contributed by atoms with Gasteiger partial charge in [0.05, 0.1) is 13.2 Å². The molecule has 0 amide bonds. The van der Waals surface area contributed by atoms with Crippen LogP contribution in [0.3, 0.4) is 0 Å². The average molecular weight is 272 g/mol. The van der Waals surface area contributed by atoms with E-state index < -0.39 is 0 Å². The quantitative estimate of drug-likeness (QED) is 0.913. The fraction of sp³-hybridized carbons (Fsp3) is 0.438. The topological polar surface area (TPSA) is 45.3 Å². The summed E-state index contributed by atoms with van der Waals surface area (Å²) < 4.78 is 5.36. The van der Waals surface area contributed by atoms with Crippen molar-refractivity contribution in [2.24, 2.45) is 0 Å². The number of pyridine rings is 1. The highest BCUT2D eigenvalue weighted by Gasteiger charge is 2.13. The monoisotopic (exact) mass is 272 g/mol. The first-order valence-electron chi connectivity index (χ1n) is 7.15. The first kappa shape index (κ1) is 13.2. The number of anilines is 1. The highest BCUT2D eigenvalue weighted by atomic mass is 16.5. The van der Waals surface area contributed by atoms with Gasteiger partial charge in [0.2, 0.25) is 0 Å². The van der Waals surface area contributed by atoms with Gasteiger partial charge in [0.15, 0.2) is 5.43 Å². The Morgan fingerprint density at radius 3 is 2.65 bits per heavy atom. The normalized spacial score (nSPS) is 16.1. The van der Waals surface area contributed by atoms with Crippen LogP contribution in [0.1, 0.15) is 25.5 Å². The molecule has 1 aliphatic rings. The summed E-state index contributed by atoms with van der Waals surface area (Å²) in [7, 11) is 0. The minimum absolute atomic E-state index is 0.0950. The third-order valence-electron chi connectivity index (χ3n) is 3.83. The van der Waals surface area contributed by atoms with Crippen molar-refractivity contribution >= 4 is 16.6 Å². The second-order valence-electron chi connectivity index (χ2n) is 5.57. The lowest BCUT2D eigenvalue weighted by Gasteiger charge is -2.29. The number of morpholine rings is 1. The summed E-state index contributed by atoms with van der Waals surface area (Å²) in [4.78, 5) is 17.9. The van der Waals surface area contributed by atoms with Gasteiger partial charge < -0.3 is 14.6 Å².